The van der Waals surface area contributed by atoms with Crippen LogP contribution in [0, 0.1) is 5.82 Å². The molecule has 3 nitrogen and oxygen atoms in total. The Labute approximate surface area is 99.9 Å². The summed E-state index contributed by atoms with van der Waals surface area (Å²) in [6.07, 6.45) is 2.98. The van der Waals surface area contributed by atoms with Crippen molar-refractivity contribution >= 4 is 5.91 Å². The van der Waals surface area contributed by atoms with Crippen LogP contribution in [0.15, 0.2) is 24.3 Å². The van der Waals surface area contributed by atoms with Gasteiger partial charge in [-0.05, 0) is 31.4 Å². The fourth-order valence-electron chi connectivity index (χ4n) is 2.05. The van der Waals surface area contributed by atoms with E-state index in [-0.39, 0.29) is 30.7 Å². The molecule has 1 saturated carbocycles. The van der Waals surface area contributed by atoms with Crippen LogP contribution < -0.4 is 0 Å². The zero-order chi connectivity index (χ0) is 12.3. The average Bonchev–Trinajstić information content (AvgIpc) is 2.26. The zero-order valence-electron chi connectivity index (χ0n) is 9.60. The van der Waals surface area contributed by atoms with Crippen LogP contribution in [0.25, 0.3) is 0 Å². The van der Waals surface area contributed by atoms with E-state index in [1.807, 2.05) is 0 Å². The Morgan fingerprint density at radius 2 is 2.12 bits per heavy atom. The lowest BCUT2D eigenvalue weighted by molar-refractivity contribution is 0.0521. The molecule has 0 bridgehead atoms. The van der Waals surface area contributed by atoms with Crippen molar-refractivity contribution < 1.29 is 14.3 Å². The SMILES string of the molecule is O=C(c1ccccc1F)N(CCO)C1CCC1. The van der Waals surface area contributed by atoms with E-state index in [2.05, 4.69) is 0 Å². The first-order valence-corrected chi connectivity index (χ1v) is 5.90. The Morgan fingerprint density at radius 3 is 2.65 bits per heavy atom. The van der Waals surface area contributed by atoms with Crippen LogP contribution in [-0.2, 0) is 0 Å². The van der Waals surface area contributed by atoms with Gasteiger partial charge in [0.25, 0.3) is 5.91 Å². The third-order valence-corrected chi connectivity index (χ3v) is 3.22. The number of benzene rings is 1. The smallest absolute Gasteiger partial charge is 0.257 e. The van der Waals surface area contributed by atoms with E-state index < -0.39 is 5.82 Å². The molecule has 0 aliphatic heterocycles. The van der Waals surface area contributed by atoms with E-state index in [1.54, 1.807) is 17.0 Å². The molecule has 2 rings (SSSR count). The molecule has 1 N–H and O–H groups in total. The van der Waals surface area contributed by atoms with E-state index in [1.165, 1.54) is 12.1 Å². The summed E-state index contributed by atoms with van der Waals surface area (Å²) in [6.45, 7) is 0.189. The van der Waals surface area contributed by atoms with Gasteiger partial charge in [0.05, 0.1) is 12.2 Å². The maximum atomic E-state index is 13.5. The first-order chi connectivity index (χ1) is 8.24. The number of nitrogens with zero attached hydrogens (tertiary/aromatic N) is 1. The van der Waals surface area contributed by atoms with Crippen LogP contribution in [0.2, 0.25) is 0 Å². The molecule has 1 amide bonds. The highest BCUT2D eigenvalue weighted by Gasteiger charge is 2.29. The normalized spacial score (nSPS) is 15.4. The molecule has 0 atom stereocenters. The standard InChI is InChI=1S/C13H16FNO2/c14-12-7-2-1-6-11(12)13(17)15(8-9-16)10-4-3-5-10/h1-2,6-7,10,16H,3-5,8-9H2. The third-order valence-electron chi connectivity index (χ3n) is 3.22. The Hall–Kier alpha value is -1.42. The second-order valence-electron chi connectivity index (χ2n) is 4.29. The van der Waals surface area contributed by atoms with Gasteiger partial charge in [0.15, 0.2) is 0 Å². The molecule has 0 heterocycles. The van der Waals surface area contributed by atoms with Crippen LogP contribution in [-0.4, -0.2) is 35.1 Å². The molecule has 92 valence electrons. The molecule has 1 aromatic rings. The second-order valence-corrected chi connectivity index (χ2v) is 4.29. The van der Waals surface area contributed by atoms with Crippen LogP contribution in [0.4, 0.5) is 4.39 Å². The molecular formula is C13H16FNO2. The molecule has 0 unspecified atom stereocenters. The maximum Gasteiger partial charge on any atom is 0.257 e. The zero-order valence-corrected chi connectivity index (χ0v) is 9.60. The molecule has 1 aliphatic carbocycles. The van der Waals surface area contributed by atoms with Crippen molar-refractivity contribution in [1.82, 2.24) is 4.90 Å². The molecular weight excluding hydrogens is 221 g/mol. The van der Waals surface area contributed by atoms with E-state index in [9.17, 15) is 9.18 Å². The molecule has 0 spiro atoms. The molecule has 0 saturated heterocycles. The van der Waals surface area contributed by atoms with Crippen molar-refractivity contribution in [2.45, 2.75) is 25.3 Å². The number of amides is 1. The van der Waals surface area contributed by atoms with E-state index in [0.717, 1.165) is 19.3 Å². The molecule has 0 radical (unpaired) electrons. The molecule has 17 heavy (non-hydrogen) atoms. The highest BCUT2D eigenvalue weighted by molar-refractivity contribution is 5.94. The number of carbonyl (C=O) groups excluding carboxylic acids is 1. The van der Waals surface area contributed by atoms with Crippen molar-refractivity contribution in [3.05, 3.63) is 35.6 Å². The molecule has 0 aromatic heterocycles. The largest absolute Gasteiger partial charge is 0.395 e. The van der Waals surface area contributed by atoms with Gasteiger partial charge in [-0.3, -0.25) is 4.79 Å². The van der Waals surface area contributed by atoms with Gasteiger partial charge in [0.1, 0.15) is 5.82 Å². The number of halogens is 1. The summed E-state index contributed by atoms with van der Waals surface area (Å²) < 4.78 is 13.5. The molecule has 1 aliphatic rings. The Balaban J connectivity index is 2.18. The number of carbonyl (C=O) groups is 1. The van der Waals surface area contributed by atoms with Gasteiger partial charge in [-0.1, -0.05) is 12.1 Å². The summed E-state index contributed by atoms with van der Waals surface area (Å²) in [5, 5.41) is 8.98. The summed E-state index contributed by atoms with van der Waals surface area (Å²) in [5.74, 6) is -0.818. The first-order valence-electron chi connectivity index (χ1n) is 5.90. The Kier molecular flexibility index (Phi) is 3.74. The van der Waals surface area contributed by atoms with Gasteiger partial charge >= 0.3 is 0 Å². The minimum atomic E-state index is -0.500. The topological polar surface area (TPSA) is 40.5 Å². The van der Waals surface area contributed by atoms with Crippen LogP contribution in [0.3, 0.4) is 0 Å². The van der Waals surface area contributed by atoms with Crippen LogP contribution in [0.5, 0.6) is 0 Å². The fourth-order valence-corrected chi connectivity index (χ4v) is 2.05. The van der Waals surface area contributed by atoms with Gasteiger partial charge < -0.3 is 10.0 Å². The average molecular weight is 237 g/mol. The van der Waals surface area contributed by atoms with Crippen molar-refractivity contribution in [3.8, 4) is 0 Å². The Bertz CT molecular complexity index is 404. The van der Waals surface area contributed by atoms with Crippen molar-refractivity contribution in [3.63, 3.8) is 0 Å². The second kappa shape index (κ2) is 5.27. The molecule has 4 heteroatoms. The molecule has 1 fully saturated rings. The third kappa shape index (κ3) is 2.47. The number of aliphatic hydroxyl groups excluding tert-OH is 1. The summed E-state index contributed by atoms with van der Waals surface area (Å²) >= 11 is 0. The number of hydrogen-bond donors (Lipinski definition) is 1. The van der Waals surface area contributed by atoms with Gasteiger partial charge in [0.2, 0.25) is 0 Å². The van der Waals surface area contributed by atoms with Crippen molar-refractivity contribution in [2.75, 3.05) is 13.2 Å². The van der Waals surface area contributed by atoms with Gasteiger partial charge in [-0.25, -0.2) is 4.39 Å². The number of aliphatic hydroxyl groups is 1. The monoisotopic (exact) mass is 237 g/mol. The molecule has 1 aromatic carbocycles. The minimum absolute atomic E-state index is 0.0866. The highest BCUT2D eigenvalue weighted by Crippen LogP contribution is 2.26. The van der Waals surface area contributed by atoms with E-state index in [0.29, 0.717) is 0 Å². The lowest BCUT2D eigenvalue weighted by atomic mass is 9.91. The predicted octanol–water partition coefficient (Wildman–Crippen LogP) is 1.81. The summed E-state index contributed by atoms with van der Waals surface area (Å²) in [5.41, 5.74) is 0.0906. The van der Waals surface area contributed by atoms with Crippen molar-refractivity contribution in [2.24, 2.45) is 0 Å². The van der Waals surface area contributed by atoms with Crippen LogP contribution >= 0.6 is 0 Å². The van der Waals surface area contributed by atoms with Gasteiger partial charge in [0, 0.05) is 12.6 Å². The van der Waals surface area contributed by atoms with E-state index >= 15 is 0 Å². The van der Waals surface area contributed by atoms with Gasteiger partial charge in [-0.15, -0.1) is 0 Å². The minimum Gasteiger partial charge on any atom is -0.395 e. The summed E-state index contributed by atoms with van der Waals surface area (Å²) in [4.78, 5) is 13.7. The summed E-state index contributed by atoms with van der Waals surface area (Å²) in [7, 11) is 0. The van der Waals surface area contributed by atoms with Crippen LogP contribution in [0.1, 0.15) is 29.6 Å². The van der Waals surface area contributed by atoms with E-state index in [4.69, 9.17) is 5.11 Å². The fraction of sp³-hybridized carbons (Fsp3) is 0.462. The first kappa shape index (κ1) is 12.0. The highest BCUT2D eigenvalue weighted by atomic mass is 19.1. The van der Waals surface area contributed by atoms with Gasteiger partial charge in [-0.2, -0.15) is 0 Å². The summed E-state index contributed by atoms with van der Waals surface area (Å²) in [6, 6.07) is 6.14. The lowest BCUT2D eigenvalue weighted by Crippen LogP contribution is -2.45. The Morgan fingerprint density at radius 1 is 1.41 bits per heavy atom. The maximum absolute atomic E-state index is 13.5. The van der Waals surface area contributed by atoms with Crippen molar-refractivity contribution in [1.29, 1.82) is 0 Å². The number of rotatable bonds is 4. The quantitative estimate of drug-likeness (QED) is 0.867. The number of hydrogen-bond acceptors (Lipinski definition) is 2. The lowest BCUT2D eigenvalue weighted by Gasteiger charge is -2.37. The predicted molar refractivity (Wildman–Crippen MR) is 62.2 cm³/mol.